The minimum Gasteiger partial charge on any atom is -0.318 e. The van der Waals surface area contributed by atoms with Crippen LogP contribution in [0, 0.1) is 6.92 Å². The Morgan fingerprint density at radius 3 is 2.32 bits per heavy atom. The van der Waals surface area contributed by atoms with Crippen LogP contribution in [-0.4, -0.2) is 28.6 Å². The average molecular weight is 284 g/mol. The quantitative estimate of drug-likeness (QED) is 0.811. The van der Waals surface area contributed by atoms with Crippen LogP contribution in [0.4, 0.5) is 0 Å². The minimum absolute atomic E-state index is 0.0665. The van der Waals surface area contributed by atoms with Crippen LogP contribution in [0.25, 0.3) is 0 Å². The third-order valence-electron chi connectivity index (χ3n) is 3.01. The van der Waals surface area contributed by atoms with Crippen molar-refractivity contribution in [2.24, 2.45) is 0 Å². The number of hydrogen-bond donors (Lipinski definition) is 2. The van der Waals surface area contributed by atoms with Crippen LogP contribution in [0.2, 0.25) is 0 Å². The largest absolute Gasteiger partial charge is 0.318 e. The summed E-state index contributed by atoms with van der Waals surface area (Å²) in [4.78, 5) is 0.371. The summed E-state index contributed by atoms with van der Waals surface area (Å²) in [6.45, 7) is 9.03. The highest BCUT2D eigenvalue weighted by Crippen LogP contribution is 2.26. The van der Waals surface area contributed by atoms with Crippen molar-refractivity contribution in [1.29, 1.82) is 0 Å². The molecule has 0 saturated heterocycles. The van der Waals surface area contributed by atoms with Crippen molar-refractivity contribution in [2.45, 2.75) is 38.0 Å². The smallest absolute Gasteiger partial charge is 0.240 e. The molecule has 0 aliphatic heterocycles. The second-order valence-corrected chi connectivity index (χ2v) is 7.47. The molecule has 0 bridgehead atoms. The summed E-state index contributed by atoms with van der Waals surface area (Å²) >= 11 is 0. The molecule has 0 fully saturated rings. The molecule has 0 heterocycles. The van der Waals surface area contributed by atoms with Gasteiger partial charge in [0, 0.05) is 13.1 Å². The van der Waals surface area contributed by atoms with Crippen LogP contribution in [0.15, 0.2) is 23.1 Å². The highest BCUT2D eigenvalue weighted by atomic mass is 32.2. The van der Waals surface area contributed by atoms with Gasteiger partial charge >= 0.3 is 0 Å². The van der Waals surface area contributed by atoms with E-state index in [2.05, 4.69) is 30.8 Å². The molecule has 0 unspecified atom stereocenters. The summed E-state index contributed by atoms with van der Waals surface area (Å²) in [5, 5.41) is 2.92. The average Bonchev–Trinajstić information content (AvgIpc) is 2.27. The molecular weight excluding hydrogens is 260 g/mol. The number of likely N-dealkylation sites (N-methyl/N-ethyl adjacent to an activating group) is 1. The first-order valence-corrected chi connectivity index (χ1v) is 7.92. The Labute approximate surface area is 116 Å². The maximum Gasteiger partial charge on any atom is 0.240 e. The van der Waals surface area contributed by atoms with Gasteiger partial charge in [-0.1, -0.05) is 32.9 Å². The number of benzene rings is 1. The topological polar surface area (TPSA) is 58.2 Å². The zero-order chi connectivity index (χ0) is 14.7. The Hall–Kier alpha value is -0.910. The number of rotatable bonds is 5. The summed E-state index contributed by atoms with van der Waals surface area (Å²) in [6, 6.07) is 5.63. The fourth-order valence-corrected chi connectivity index (χ4v) is 3.04. The molecule has 1 aromatic rings. The van der Waals surface area contributed by atoms with E-state index in [1.807, 2.05) is 19.1 Å². The Balaban J connectivity index is 3.12. The van der Waals surface area contributed by atoms with E-state index in [9.17, 15) is 8.42 Å². The lowest BCUT2D eigenvalue weighted by Gasteiger charge is -2.21. The van der Waals surface area contributed by atoms with Crippen LogP contribution >= 0.6 is 0 Å². The molecule has 4 nitrogen and oxygen atoms in total. The van der Waals surface area contributed by atoms with Crippen LogP contribution in [0.3, 0.4) is 0 Å². The molecule has 0 spiro atoms. The van der Waals surface area contributed by atoms with Crippen molar-refractivity contribution < 1.29 is 8.42 Å². The van der Waals surface area contributed by atoms with Gasteiger partial charge in [-0.05, 0) is 36.6 Å². The van der Waals surface area contributed by atoms with Gasteiger partial charge in [-0.15, -0.1) is 0 Å². The zero-order valence-electron chi connectivity index (χ0n) is 12.4. The first kappa shape index (κ1) is 16.1. The lowest BCUT2D eigenvalue weighted by molar-refractivity contribution is 0.574. The van der Waals surface area contributed by atoms with Gasteiger partial charge in [-0.25, -0.2) is 13.1 Å². The maximum absolute atomic E-state index is 12.3. The summed E-state index contributed by atoms with van der Waals surface area (Å²) in [5.41, 5.74) is 1.72. The molecule has 108 valence electrons. The highest BCUT2D eigenvalue weighted by molar-refractivity contribution is 7.89. The molecule has 19 heavy (non-hydrogen) atoms. The van der Waals surface area contributed by atoms with Crippen molar-refractivity contribution in [3.8, 4) is 0 Å². The molecule has 0 radical (unpaired) electrons. The summed E-state index contributed by atoms with van der Waals surface area (Å²) in [5.74, 6) is 0. The van der Waals surface area contributed by atoms with Gasteiger partial charge in [0.1, 0.15) is 0 Å². The van der Waals surface area contributed by atoms with Crippen LogP contribution in [0.5, 0.6) is 0 Å². The maximum atomic E-state index is 12.3. The molecule has 1 rings (SSSR count). The number of nitrogens with one attached hydrogen (secondary N) is 2. The van der Waals surface area contributed by atoms with Gasteiger partial charge in [0.25, 0.3) is 0 Å². The third kappa shape index (κ3) is 4.30. The van der Waals surface area contributed by atoms with Crippen LogP contribution in [0.1, 0.15) is 31.9 Å². The molecule has 0 aliphatic carbocycles. The van der Waals surface area contributed by atoms with E-state index in [1.54, 1.807) is 13.1 Å². The Bertz CT molecular complexity index is 531. The van der Waals surface area contributed by atoms with Crippen molar-refractivity contribution in [1.82, 2.24) is 10.0 Å². The van der Waals surface area contributed by atoms with Gasteiger partial charge < -0.3 is 5.32 Å². The van der Waals surface area contributed by atoms with Crippen LogP contribution in [-0.2, 0) is 15.4 Å². The summed E-state index contributed by atoms with van der Waals surface area (Å²) in [6.07, 6.45) is 0. The lowest BCUT2D eigenvalue weighted by Crippen LogP contribution is -2.31. The highest BCUT2D eigenvalue weighted by Gasteiger charge is 2.20. The van der Waals surface area contributed by atoms with E-state index in [0.29, 0.717) is 18.0 Å². The van der Waals surface area contributed by atoms with Gasteiger partial charge in [0.05, 0.1) is 4.90 Å². The molecule has 0 atom stereocenters. The summed E-state index contributed by atoms with van der Waals surface area (Å²) in [7, 11) is -1.64. The second-order valence-electron chi connectivity index (χ2n) is 5.73. The standard InChI is InChI=1S/C14H24N2O2S/c1-11-6-7-12(14(2,3)4)10-13(11)19(17,18)16-9-8-15-5/h6-7,10,15-16H,8-9H2,1-5H3. The molecule has 0 aromatic heterocycles. The van der Waals surface area contributed by atoms with E-state index in [0.717, 1.165) is 11.1 Å². The molecule has 0 amide bonds. The number of aryl methyl sites for hydroxylation is 1. The van der Waals surface area contributed by atoms with Crippen LogP contribution < -0.4 is 10.0 Å². The van der Waals surface area contributed by atoms with Crippen molar-refractivity contribution in [3.05, 3.63) is 29.3 Å². The van der Waals surface area contributed by atoms with E-state index in [-0.39, 0.29) is 5.41 Å². The van der Waals surface area contributed by atoms with E-state index in [4.69, 9.17) is 0 Å². The second kappa shape index (κ2) is 6.03. The van der Waals surface area contributed by atoms with E-state index < -0.39 is 10.0 Å². The Morgan fingerprint density at radius 2 is 1.79 bits per heavy atom. The fraction of sp³-hybridized carbons (Fsp3) is 0.571. The molecule has 0 aliphatic rings. The first-order valence-electron chi connectivity index (χ1n) is 6.44. The molecule has 1 aromatic carbocycles. The van der Waals surface area contributed by atoms with Gasteiger partial charge in [-0.3, -0.25) is 0 Å². The zero-order valence-corrected chi connectivity index (χ0v) is 13.2. The Morgan fingerprint density at radius 1 is 1.16 bits per heavy atom. The predicted molar refractivity (Wildman–Crippen MR) is 79.0 cm³/mol. The first-order chi connectivity index (χ1) is 8.68. The monoisotopic (exact) mass is 284 g/mol. The molecule has 0 saturated carbocycles. The molecule has 5 heteroatoms. The van der Waals surface area contributed by atoms with Gasteiger partial charge in [0.2, 0.25) is 10.0 Å². The van der Waals surface area contributed by atoms with Gasteiger partial charge in [0.15, 0.2) is 0 Å². The number of hydrogen-bond acceptors (Lipinski definition) is 3. The number of sulfonamides is 1. The van der Waals surface area contributed by atoms with E-state index in [1.165, 1.54) is 0 Å². The van der Waals surface area contributed by atoms with Crippen molar-refractivity contribution in [2.75, 3.05) is 20.1 Å². The normalized spacial score (nSPS) is 12.7. The summed E-state index contributed by atoms with van der Waals surface area (Å²) < 4.78 is 27.1. The molecular formula is C14H24N2O2S. The van der Waals surface area contributed by atoms with Gasteiger partial charge in [-0.2, -0.15) is 0 Å². The Kier molecular flexibility index (Phi) is 5.12. The molecule has 2 N–H and O–H groups in total. The SMILES string of the molecule is CNCCNS(=O)(=O)c1cc(C(C)(C)C)ccc1C. The van der Waals surface area contributed by atoms with Crippen molar-refractivity contribution in [3.63, 3.8) is 0 Å². The lowest BCUT2D eigenvalue weighted by atomic mass is 9.87. The van der Waals surface area contributed by atoms with Crippen molar-refractivity contribution >= 4 is 10.0 Å². The fourth-order valence-electron chi connectivity index (χ4n) is 1.74. The third-order valence-corrected chi connectivity index (χ3v) is 4.61. The van der Waals surface area contributed by atoms with E-state index >= 15 is 0 Å². The minimum atomic E-state index is -3.44. The predicted octanol–water partition coefficient (Wildman–Crippen LogP) is 1.79.